The highest BCUT2D eigenvalue weighted by molar-refractivity contribution is 5.85. The van der Waals surface area contributed by atoms with E-state index in [1.165, 1.54) is 0 Å². The van der Waals surface area contributed by atoms with Gasteiger partial charge in [0.25, 0.3) is 0 Å². The minimum absolute atomic E-state index is 0.0755. The molecule has 17 heavy (non-hydrogen) atoms. The number of hydrogen-bond donors (Lipinski definition) is 1. The van der Waals surface area contributed by atoms with Crippen LogP contribution in [0.3, 0.4) is 0 Å². The zero-order valence-corrected chi connectivity index (χ0v) is 9.50. The van der Waals surface area contributed by atoms with Crippen molar-refractivity contribution < 1.29 is 14.6 Å². The lowest BCUT2D eigenvalue weighted by atomic mass is 10.00. The van der Waals surface area contributed by atoms with Gasteiger partial charge in [0, 0.05) is 18.7 Å². The SMILES string of the molecule is O=C(C1COc2ccccc21)N1CC[C@@H](O)C1. The molecule has 2 atom stereocenters. The minimum Gasteiger partial charge on any atom is -0.492 e. The molecular weight excluding hydrogens is 218 g/mol. The second kappa shape index (κ2) is 4.04. The van der Waals surface area contributed by atoms with Crippen LogP contribution in [0.25, 0.3) is 0 Å². The molecule has 1 aromatic rings. The fraction of sp³-hybridized carbons (Fsp3) is 0.462. The van der Waals surface area contributed by atoms with Crippen LogP contribution in [0.15, 0.2) is 24.3 Å². The molecule has 90 valence electrons. The molecule has 4 heteroatoms. The van der Waals surface area contributed by atoms with E-state index in [2.05, 4.69) is 0 Å². The molecule has 2 aliphatic rings. The molecule has 1 unspecified atom stereocenters. The third kappa shape index (κ3) is 1.78. The van der Waals surface area contributed by atoms with E-state index in [0.717, 1.165) is 11.3 Å². The largest absolute Gasteiger partial charge is 0.492 e. The lowest BCUT2D eigenvalue weighted by Gasteiger charge is -2.19. The summed E-state index contributed by atoms with van der Waals surface area (Å²) in [6.45, 7) is 1.53. The Balaban J connectivity index is 1.80. The van der Waals surface area contributed by atoms with Gasteiger partial charge in [0.05, 0.1) is 6.10 Å². The van der Waals surface area contributed by atoms with Gasteiger partial charge in [-0.2, -0.15) is 0 Å². The summed E-state index contributed by atoms with van der Waals surface area (Å²) >= 11 is 0. The summed E-state index contributed by atoms with van der Waals surface area (Å²) in [6.07, 6.45) is 0.317. The standard InChI is InChI=1S/C13H15NO3/c15-9-5-6-14(7-9)13(16)11-8-17-12-4-2-1-3-10(11)12/h1-4,9,11,15H,5-8H2/t9-,11?/m1/s1. The number of β-amino-alcohol motifs (C(OH)–C–C–N with tert-alkyl or cyclic N) is 1. The Kier molecular flexibility index (Phi) is 2.52. The Morgan fingerprint density at radius 2 is 2.24 bits per heavy atom. The second-order valence-electron chi connectivity index (χ2n) is 4.63. The maximum Gasteiger partial charge on any atom is 0.233 e. The Morgan fingerprint density at radius 3 is 3.00 bits per heavy atom. The second-order valence-corrected chi connectivity index (χ2v) is 4.63. The third-order valence-electron chi connectivity index (χ3n) is 3.47. The van der Waals surface area contributed by atoms with Crippen LogP contribution in [0.5, 0.6) is 5.75 Å². The lowest BCUT2D eigenvalue weighted by Crippen LogP contribution is -2.34. The molecule has 4 nitrogen and oxygen atoms in total. The van der Waals surface area contributed by atoms with Crippen LogP contribution in [0.4, 0.5) is 0 Å². The molecule has 0 radical (unpaired) electrons. The van der Waals surface area contributed by atoms with Crippen molar-refractivity contribution in [1.29, 1.82) is 0 Å². The first kappa shape index (κ1) is 10.6. The van der Waals surface area contributed by atoms with Crippen molar-refractivity contribution >= 4 is 5.91 Å². The van der Waals surface area contributed by atoms with Gasteiger partial charge >= 0.3 is 0 Å². The molecule has 3 rings (SSSR count). The molecule has 0 saturated carbocycles. The van der Waals surface area contributed by atoms with Gasteiger partial charge in [0.15, 0.2) is 0 Å². The van der Waals surface area contributed by atoms with E-state index < -0.39 is 0 Å². The topological polar surface area (TPSA) is 49.8 Å². The van der Waals surface area contributed by atoms with Gasteiger partial charge in [-0.15, -0.1) is 0 Å². The molecule has 1 fully saturated rings. The Hall–Kier alpha value is -1.55. The van der Waals surface area contributed by atoms with Gasteiger partial charge in [-0.25, -0.2) is 0 Å². The van der Waals surface area contributed by atoms with Gasteiger partial charge in [0.1, 0.15) is 18.3 Å². The van der Waals surface area contributed by atoms with Crippen molar-refractivity contribution in [2.45, 2.75) is 18.4 Å². The summed E-state index contributed by atoms with van der Waals surface area (Å²) in [4.78, 5) is 14.0. The van der Waals surface area contributed by atoms with Crippen molar-refractivity contribution in [3.8, 4) is 5.75 Å². The molecule has 2 aliphatic heterocycles. The quantitative estimate of drug-likeness (QED) is 0.779. The number of likely N-dealkylation sites (tertiary alicyclic amines) is 1. The summed E-state index contributed by atoms with van der Waals surface area (Å²) in [5.41, 5.74) is 0.971. The molecule has 1 amide bonds. The highest BCUT2D eigenvalue weighted by Gasteiger charge is 2.35. The van der Waals surface area contributed by atoms with Gasteiger partial charge in [-0.1, -0.05) is 18.2 Å². The number of rotatable bonds is 1. The number of aliphatic hydroxyl groups is 1. The first-order valence-electron chi connectivity index (χ1n) is 5.94. The monoisotopic (exact) mass is 233 g/mol. The molecule has 0 aliphatic carbocycles. The highest BCUT2D eigenvalue weighted by Crippen LogP contribution is 2.35. The maximum absolute atomic E-state index is 12.3. The smallest absolute Gasteiger partial charge is 0.233 e. The van der Waals surface area contributed by atoms with E-state index in [-0.39, 0.29) is 17.9 Å². The van der Waals surface area contributed by atoms with E-state index in [1.54, 1.807) is 4.90 Å². The zero-order valence-electron chi connectivity index (χ0n) is 9.50. The Bertz CT molecular complexity index is 446. The molecule has 0 spiro atoms. The fourth-order valence-corrected chi connectivity index (χ4v) is 2.53. The number of carbonyl (C=O) groups is 1. The molecule has 1 N–H and O–H groups in total. The van der Waals surface area contributed by atoms with Crippen molar-refractivity contribution in [3.63, 3.8) is 0 Å². The average Bonchev–Trinajstić information content (AvgIpc) is 2.94. The van der Waals surface area contributed by atoms with E-state index in [1.807, 2.05) is 24.3 Å². The van der Waals surface area contributed by atoms with E-state index in [0.29, 0.717) is 26.1 Å². The fourth-order valence-electron chi connectivity index (χ4n) is 2.53. The van der Waals surface area contributed by atoms with Gasteiger partial charge in [0.2, 0.25) is 5.91 Å². The Morgan fingerprint density at radius 1 is 1.41 bits per heavy atom. The van der Waals surface area contributed by atoms with Gasteiger partial charge < -0.3 is 14.7 Å². The lowest BCUT2D eigenvalue weighted by molar-refractivity contribution is -0.132. The number of fused-ring (bicyclic) bond motifs is 1. The number of amides is 1. The van der Waals surface area contributed by atoms with Crippen molar-refractivity contribution in [3.05, 3.63) is 29.8 Å². The van der Waals surface area contributed by atoms with Crippen LogP contribution in [0, 0.1) is 0 Å². The number of para-hydroxylation sites is 1. The Labute approximate surface area is 99.8 Å². The normalized spacial score (nSPS) is 26.8. The maximum atomic E-state index is 12.3. The van der Waals surface area contributed by atoms with Crippen LogP contribution in [0.1, 0.15) is 17.9 Å². The predicted octanol–water partition coefficient (Wildman–Crippen LogP) is 0.756. The summed E-state index contributed by atoms with van der Waals surface area (Å²) in [7, 11) is 0. The average molecular weight is 233 g/mol. The van der Waals surface area contributed by atoms with Crippen molar-refractivity contribution in [2.75, 3.05) is 19.7 Å². The number of carbonyl (C=O) groups excluding carboxylic acids is 1. The molecule has 1 aromatic carbocycles. The number of aliphatic hydroxyl groups excluding tert-OH is 1. The third-order valence-corrected chi connectivity index (χ3v) is 3.47. The predicted molar refractivity (Wildman–Crippen MR) is 61.9 cm³/mol. The van der Waals surface area contributed by atoms with Gasteiger partial charge in [-0.3, -0.25) is 4.79 Å². The number of hydrogen-bond acceptors (Lipinski definition) is 3. The molecule has 1 saturated heterocycles. The molecule has 0 aromatic heterocycles. The van der Waals surface area contributed by atoms with Crippen molar-refractivity contribution in [2.24, 2.45) is 0 Å². The number of benzene rings is 1. The summed E-state index contributed by atoms with van der Waals surface area (Å²) in [6, 6.07) is 7.66. The summed E-state index contributed by atoms with van der Waals surface area (Å²) in [5.74, 6) is 0.689. The van der Waals surface area contributed by atoms with Crippen molar-refractivity contribution in [1.82, 2.24) is 4.90 Å². The number of ether oxygens (including phenoxy) is 1. The molecule has 0 bridgehead atoms. The first-order valence-corrected chi connectivity index (χ1v) is 5.94. The van der Waals surface area contributed by atoms with E-state index in [4.69, 9.17) is 4.74 Å². The number of nitrogens with zero attached hydrogens (tertiary/aromatic N) is 1. The highest BCUT2D eigenvalue weighted by atomic mass is 16.5. The zero-order chi connectivity index (χ0) is 11.8. The summed E-state index contributed by atoms with van der Waals surface area (Å²) < 4.78 is 5.51. The van der Waals surface area contributed by atoms with E-state index >= 15 is 0 Å². The van der Waals surface area contributed by atoms with Crippen LogP contribution in [0.2, 0.25) is 0 Å². The van der Waals surface area contributed by atoms with Crippen LogP contribution in [-0.4, -0.2) is 41.7 Å². The van der Waals surface area contributed by atoms with Crippen LogP contribution < -0.4 is 4.74 Å². The summed E-state index contributed by atoms with van der Waals surface area (Å²) in [5, 5.41) is 9.46. The van der Waals surface area contributed by atoms with Crippen LogP contribution >= 0.6 is 0 Å². The first-order chi connectivity index (χ1) is 8.25. The van der Waals surface area contributed by atoms with E-state index in [9.17, 15) is 9.90 Å². The van der Waals surface area contributed by atoms with Gasteiger partial charge in [-0.05, 0) is 12.5 Å². The molecular formula is C13H15NO3. The van der Waals surface area contributed by atoms with Crippen LogP contribution in [-0.2, 0) is 4.79 Å². The molecule has 2 heterocycles. The minimum atomic E-state index is -0.364.